The molecule has 0 bridgehead atoms. The molecule has 0 N–H and O–H groups in total. The number of hydrogen-bond donors (Lipinski definition) is 0. The highest BCUT2D eigenvalue weighted by atomic mass is 35.5. The van der Waals surface area contributed by atoms with Gasteiger partial charge in [0.1, 0.15) is 6.54 Å². The molecule has 4 rings (SSSR count). The number of halogens is 1. The molecule has 164 valence electrons. The number of fused-ring (bicyclic) bond motifs is 1. The Bertz CT molecular complexity index is 1410. The minimum atomic E-state index is -3.69. The summed E-state index contributed by atoms with van der Waals surface area (Å²) in [5.74, 6) is -0.357. The molecule has 0 aliphatic carbocycles. The van der Waals surface area contributed by atoms with E-state index in [2.05, 4.69) is 0 Å². The fourth-order valence-corrected chi connectivity index (χ4v) is 5.62. The van der Waals surface area contributed by atoms with E-state index in [0.717, 1.165) is 11.3 Å². The number of anilines is 1. The van der Waals surface area contributed by atoms with Crippen LogP contribution in [0.5, 0.6) is 0 Å². The Hall–Kier alpha value is -3.09. The molecule has 4 aromatic rings. The molecule has 0 atom stereocenters. The zero-order valence-electron chi connectivity index (χ0n) is 17.8. The number of aromatic nitrogens is 1. The highest BCUT2D eigenvalue weighted by molar-refractivity contribution is 7.90. The summed E-state index contributed by atoms with van der Waals surface area (Å²) >= 11 is 6.19. The number of benzene rings is 3. The van der Waals surface area contributed by atoms with Crippen molar-refractivity contribution in [3.8, 4) is 0 Å². The number of para-hydroxylation sites is 1. The van der Waals surface area contributed by atoms with E-state index in [0.29, 0.717) is 21.5 Å². The number of carbonyl (C=O) groups excluding carboxylic acids is 1. The second-order valence-electron chi connectivity index (χ2n) is 7.78. The predicted octanol–water partition coefficient (Wildman–Crippen LogP) is 5.24. The monoisotopic (exact) mass is 466 g/mol. The van der Waals surface area contributed by atoms with Crippen LogP contribution in [0.2, 0.25) is 5.02 Å². The van der Waals surface area contributed by atoms with Gasteiger partial charge in [-0.1, -0.05) is 60.1 Å². The number of sulfone groups is 1. The molecule has 0 aliphatic rings. The maximum absolute atomic E-state index is 13.3. The highest BCUT2D eigenvalue weighted by Gasteiger charge is 2.24. The minimum Gasteiger partial charge on any atom is -0.337 e. The van der Waals surface area contributed by atoms with Crippen molar-refractivity contribution in [3.63, 3.8) is 0 Å². The molecule has 3 aromatic carbocycles. The molecule has 0 saturated carbocycles. The molecule has 0 fully saturated rings. The standard InChI is InChI=1S/C25H23ClN2O3S/c1-18-8-7-10-20(14-18)27(2)25(29)16-28-15-24(21-11-4-6-13-23(21)28)32(30,31)17-19-9-3-5-12-22(19)26/h3-15H,16-17H2,1-2H3. The molecule has 0 unspecified atom stereocenters. The molecular formula is C25H23ClN2O3S. The van der Waals surface area contributed by atoms with Crippen molar-refractivity contribution < 1.29 is 13.2 Å². The van der Waals surface area contributed by atoms with Gasteiger partial charge in [0, 0.05) is 34.9 Å². The third-order valence-corrected chi connectivity index (χ3v) is 7.51. The van der Waals surface area contributed by atoms with E-state index in [9.17, 15) is 13.2 Å². The maximum Gasteiger partial charge on any atom is 0.246 e. The van der Waals surface area contributed by atoms with Crippen LogP contribution < -0.4 is 4.90 Å². The second-order valence-corrected chi connectivity index (χ2v) is 10.1. The average Bonchev–Trinajstić information content (AvgIpc) is 3.14. The van der Waals surface area contributed by atoms with E-state index in [1.807, 2.05) is 43.3 Å². The number of rotatable bonds is 6. The number of amides is 1. The number of aryl methyl sites for hydroxylation is 1. The van der Waals surface area contributed by atoms with Gasteiger partial charge in [-0.2, -0.15) is 0 Å². The lowest BCUT2D eigenvalue weighted by atomic mass is 10.2. The van der Waals surface area contributed by atoms with Gasteiger partial charge in [0.15, 0.2) is 9.84 Å². The molecule has 0 aliphatic heterocycles. The van der Waals surface area contributed by atoms with Gasteiger partial charge < -0.3 is 9.47 Å². The normalized spacial score (nSPS) is 11.6. The van der Waals surface area contributed by atoms with Crippen LogP contribution >= 0.6 is 11.6 Å². The van der Waals surface area contributed by atoms with Crippen molar-refractivity contribution in [1.82, 2.24) is 4.57 Å². The number of hydrogen-bond acceptors (Lipinski definition) is 3. The van der Waals surface area contributed by atoms with Crippen LogP contribution in [-0.2, 0) is 26.9 Å². The van der Waals surface area contributed by atoms with Crippen LogP contribution in [0.25, 0.3) is 10.9 Å². The van der Waals surface area contributed by atoms with E-state index in [-0.39, 0.29) is 23.1 Å². The SMILES string of the molecule is Cc1cccc(N(C)C(=O)Cn2cc(S(=O)(=O)Cc3ccccc3Cl)c3ccccc32)c1. The predicted molar refractivity (Wildman–Crippen MR) is 129 cm³/mol. The Morgan fingerprint density at radius 2 is 1.72 bits per heavy atom. The van der Waals surface area contributed by atoms with Crippen molar-refractivity contribution >= 4 is 43.9 Å². The van der Waals surface area contributed by atoms with Crippen LogP contribution in [0.4, 0.5) is 5.69 Å². The van der Waals surface area contributed by atoms with Crippen molar-refractivity contribution in [2.24, 2.45) is 0 Å². The third kappa shape index (κ3) is 4.42. The summed E-state index contributed by atoms with van der Waals surface area (Å²) in [6.07, 6.45) is 1.55. The quantitative estimate of drug-likeness (QED) is 0.390. The second kappa shape index (κ2) is 8.81. The molecule has 1 heterocycles. The number of likely N-dealkylation sites (N-methyl/N-ethyl adjacent to an activating group) is 1. The first kappa shape index (κ1) is 22.1. The Morgan fingerprint density at radius 1 is 1.00 bits per heavy atom. The first-order valence-corrected chi connectivity index (χ1v) is 12.2. The highest BCUT2D eigenvalue weighted by Crippen LogP contribution is 2.30. The smallest absolute Gasteiger partial charge is 0.246 e. The number of carbonyl (C=O) groups is 1. The van der Waals surface area contributed by atoms with E-state index in [1.165, 1.54) is 0 Å². The van der Waals surface area contributed by atoms with Crippen LogP contribution in [0, 0.1) is 6.92 Å². The van der Waals surface area contributed by atoms with E-state index in [4.69, 9.17) is 11.6 Å². The Labute approximate surface area is 192 Å². The summed E-state index contributed by atoms with van der Waals surface area (Å²) in [5, 5.41) is 1.00. The molecule has 7 heteroatoms. The molecule has 1 aromatic heterocycles. The van der Waals surface area contributed by atoms with Gasteiger partial charge in [-0.25, -0.2) is 8.42 Å². The van der Waals surface area contributed by atoms with Gasteiger partial charge in [-0.3, -0.25) is 4.79 Å². The van der Waals surface area contributed by atoms with Crippen LogP contribution in [-0.4, -0.2) is 25.9 Å². The largest absolute Gasteiger partial charge is 0.337 e. The van der Waals surface area contributed by atoms with Crippen LogP contribution in [0.15, 0.2) is 83.9 Å². The molecule has 0 radical (unpaired) electrons. The molecule has 0 saturated heterocycles. The summed E-state index contributed by atoms with van der Waals surface area (Å²) in [7, 11) is -1.97. The van der Waals surface area contributed by atoms with Gasteiger partial charge in [0.05, 0.1) is 10.6 Å². The molecule has 0 spiro atoms. The summed E-state index contributed by atoms with van der Waals surface area (Å²) < 4.78 is 28.3. The van der Waals surface area contributed by atoms with Crippen LogP contribution in [0.1, 0.15) is 11.1 Å². The fourth-order valence-electron chi connectivity index (χ4n) is 3.72. The minimum absolute atomic E-state index is 0.0204. The summed E-state index contributed by atoms with van der Waals surface area (Å²) in [5.41, 5.74) is 3.08. The van der Waals surface area contributed by atoms with Gasteiger partial charge in [0.2, 0.25) is 5.91 Å². The van der Waals surface area contributed by atoms with Gasteiger partial charge in [0.25, 0.3) is 0 Å². The van der Waals surface area contributed by atoms with Crippen molar-refractivity contribution in [2.75, 3.05) is 11.9 Å². The first-order valence-electron chi connectivity index (χ1n) is 10.1. The molecule has 1 amide bonds. The van der Waals surface area contributed by atoms with Gasteiger partial charge in [-0.05, 0) is 42.3 Å². The van der Waals surface area contributed by atoms with Crippen molar-refractivity contribution in [2.45, 2.75) is 24.1 Å². The Kier molecular flexibility index (Phi) is 6.09. The lowest BCUT2D eigenvalue weighted by Crippen LogP contribution is -2.29. The maximum atomic E-state index is 13.3. The molecule has 5 nitrogen and oxygen atoms in total. The summed E-state index contributed by atoms with van der Waals surface area (Å²) in [4.78, 5) is 14.8. The van der Waals surface area contributed by atoms with Gasteiger partial charge in [-0.15, -0.1) is 0 Å². The lowest BCUT2D eigenvalue weighted by Gasteiger charge is -2.18. The van der Waals surface area contributed by atoms with E-state index in [1.54, 1.807) is 59.1 Å². The number of nitrogens with zero attached hydrogens (tertiary/aromatic N) is 2. The average molecular weight is 467 g/mol. The molecule has 32 heavy (non-hydrogen) atoms. The topological polar surface area (TPSA) is 59.4 Å². The van der Waals surface area contributed by atoms with Gasteiger partial charge >= 0.3 is 0 Å². The third-order valence-electron chi connectivity index (χ3n) is 5.46. The van der Waals surface area contributed by atoms with Crippen molar-refractivity contribution in [3.05, 3.63) is 95.1 Å². The van der Waals surface area contributed by atoms with E-state index >= 15 is 0 Å². The lowest BCUT2D eigenvalue weighted by molar-refractivity contribution is -0.118. The fraction of sp³-hybridized carbons (Fsp3) is 0.160. The molecular weight excluding hydrogens is 444 g/mol. The van der Waals surface area contributed by atoms with E-state index < -0.39 is 9.84 Å². The first-order chi connectivity index (χ1) is 15.3. The van der Waals surface area contributed by atoms with Crippen LogP contribution in [0.3, 0.4) is 0 Å². The zero-order valence-corrected chi connectivity index (χ0v) is 19.4. The summed E-state index contributed by atoms with van der Waals surface area (Å²) in [6, 6.07) is 21.8. The Balaban J connectivity index is 1.69. The Morgan fingerprint density at radius 3 is 2.47 bits per heavy atom. The summed E-state index contributed by atoms with van der Waals surface area (Å²) in [6.45, 7) is 1.99. The van der Waals surface area contributed by atoms with Crippen molar-refractivity contribution in [1.29, 1.82) is 0 Å². The zero-order chi connectivity index (χ0) is 22.9.